The first kappa shape index (κ1) is 20.4. The maximum absolute atomic E-state index is 13.7. The molecule has 4 aromatic rings. The Kier molecular flexibility index (Phi) is 5.21. The van der Waals surface area contributed by atoms with Gasteiger partial charge in [-0.25, -0.2) is 9.25 Å². The Morgan fingerprint density at radius 2 is 1.72 bits per heavy atom. The van der Waals surface area contributed by atoms with Crippen LogP contribution in [-0.4, -0.2) is 21.0 Å². The van der Waals surface area contributed by atoms with Crippen LogP contribution in [0.5, 0.6) is 5.75 Å². The Bertz CT molecular complexity index is 1310. The van der Waals surface area contributed by atoms with Gasteiger partial charge in [0.25, 0.3) is 5.82 Å². The largest absolute Gasteiger partial charge is 0.497 e. The molecule has 0 amide bonds. The van der Waals surface area contributed by atoms with Crippen LogP contribution in [0, 0.1) is 6.92 Å². The number of aromatic nitrogens is 4. The van der Waals surface area contributed by atoms with Crippen molar-refractivity contribution >= 4 is 0 Å². The highest BCUT2D eigenvalue weighted by Gasteiger charge is 2.31. The van der Waals surface area contributed by atoms with Crippen LogP contribution in [0.25, 0.3) is 22.6 Å². The lowest BCUT2D eigenvalue weighted by atomic mass is 10.1. The Balaban J connectivity index is 1.73. The van der Waals surface area contributed by atoms with Crippen molar-refractivity contribution in [2.75, 3.05) is 7.11 Å². The van der Waals surface area contributed by atoms with Crippen LogP contribution in [0.1, 0.15) is 30.8 Å². The van der Waals surface area contributed by atoms with E-state index >= 15 is 0 Å². The number of benzene rings is 2. The molecule has 0 atom stereocenters. The molecule has 32 heavy (non-hydrogen) atoms. The van der Waals surface area contributed by atoms with Crippen LogP contribution >= 0.6 is 0 Å². The van der Waals surface area contributed by atoms with Gasteiger partial charge in [0.2, 0.25) is 5.69 Å². The Morgan fingerprint density at radius 1 is 0.969 bits per heavy atom. The molecule has 6 heteroatoms. The van der Waals surface area contributed by atoms with E-state index in [4.69, 9.17) is 4.74 Å². The molecule has 0 saturated carbocycles. The SMILES string of the molecule is COc1ccc(-c2c[n+](-c3c(C)n(C)n(-c4ccccc4)c3=O)c3n2CCCCC3)cc1. The summed E-state index contributed by atoms with van der Waals surface area (Å²) in [6.07, 6.45) is 6.57. The average Bonchev–Trinajstić information content (AvgIpc) is 3.14. The molecule has 3 heterocycles. The van der Waals surface area contributed by atoms with Gasteiger partial charge in [0, 0.05) is 19.0 Å². The smallest absolute Gasteiger partial charge is 0.319 e. The number of methoxy groups -OCH3 is 1. The second-order valence-electron chi connectivity index (χ2n) is 8.40. The topological polar surface area (TPSA) is 45.0 Å². The number of ether oxygens (including phenoxy) is 1. The fourth-order valence-corrected chi connectivity index (χ4v) is 4.79. The quantitative estimate of drug-likeness (QED) is 0.461. The molecule has 0 radical (unpaired) electrons. The fourth-order valence-electron chi connectivity index (χ4n) is 4.79. The Morgan fingerprint density at radius 3 is 2.44 bits per heavy atom. The molecule has 0 N–H and O–H groups in total. The van der Waals surface area contributed by atoms with Gasteiger partial charge in [0.05, 0.1) is 25.0 Å². The summed E-state index contributed by atoms with van der Waals surface area (Å²) in [6, 6.07) is 18.0. The number of para-hydroxylation sites is 1. The molecule has 2 aromatic heterocycles. The van der Waals surface area contributed by atoms with Crippen molar-refractivity contribution in [3.63, 3.8) is 0 Å². The van der Waals surface area contributed by atoms with E-state index < -0.39 is 0 Å². The maximum atomic E-state index is 13.7. The van der Waals surface area contributed by atoms with Crippen LogP contribution in [0.15, 0.2) is 65.6 Å². The van der Waals surface area contributed by atoms with Gasteiger partial charge >= 0.3 is 5.56 Å². The van der Waals surface area contributed by atoms with Crippen LogP contribution in [-0.2, 0) is 20.0 Å². The summed E-state index contributed by atoms with van der Waals surface area (Å²) in [5.41, 5.74) is 4.81. The zero-order valence-corrected chi connectivity index (χ0v) is 18.9. The molecule has 0 unspecified atom stereocenters. The Hall–Kier alpha value is -3.54. The number of nitrogens with zero attached hydrogens (tertiary/aromatic N) is 4. The van der Waals surface area contributed by atoms with Crippen LogP contribution in [0.2, 0.25) is 0 Å². The molecular weight excluding hydrogens is 400 g/mol. The van der Waals surface area contributed by atoms with Gasteiger partial charge in [-0.3, -0.25) is 9.48 Å². The van der Waals surface area contributed by atoms with E-state index in [0.717, 1.165) is 59.9 Å². The van der Waals surface area contributed by atoms with E-state index in [1.807, 2.05) is 61.1 Å². The minimum atomic E-state index is 0.000118. The van der Waals surface area contributed by atoms with Gasteiger partial charge in [-0.15, -0.1) is 0 Å². The predicted octanol–water partition coefficient (Wildman–Crippen LogP) is 3.96. The van der Waals surface area contributed by atoms with E-state index in [9.17, 15) is 4.79 Å². The van der Waals surface area contributed by atoms with Crippen LogP contribution in [0.4, 0.5) is 0 Å². The molecule has 2 aromatic carbocycles. The van der Waals surface area contributed by atoms with Crippen molar-refractivity contribution in [3.05, 3.63) is 82.7 Å². The summed E-state index contributed by atoms with van der Waals surface area (Å²) >= 11 is 0. The third-order valence-corrected chi connectivity index (χ3v) is 6.56. The van der Waals surface area contributed by atoms with Gasteiger partial charge < -0.3 is 4.74 Å². The zero-order chi connectivity index (χ0) is 22.2. The molecule has 5 rings (SSSR count). The molecular formula is C26H29N4O2+. The zero-order valence-electron chi connectivity index (χ0n) is 18.9. The highest BCUT2D eigenvalue weighted by atomic mass is 16.5. The third-order valence-electron chi connectivity index (χ3n) is 6.56. The lowest BCUT2D eigenvalue weighted by Gasteiger charge is -2.06. The first-order valence-corrected chi connectivity index (χ1v) is 11.2. The second-order valence-corrected chi connectivity index (χ2v) is 8.40. The number of rotatable bonds is 4. The predicted molar refractivity (Wildman–Crippen MR) is 125 cm³/mol. The standard InChI is InChI=1S/C26H29N4O2/c1-19-25(26(31)30(27(19)2)21-10-6-4-7-11-21)29-18-23(20-13-15-22(32-3)16-14-20)28-17-9-5-8-12-24(28)29/h4,6-7,10-11,13-16,18H,5,8-9,12,17H2,1-3H3/q+1. The lowest BCUT2D eigenvalue weighted by molar-refractivity contribution is -0.605. The monoisotopic (exact) mass is 429 g/mol. The fraction of sp³-hybridized carbons (Fsp3) is 0.308. The van der Waals surface area contributed by atoms with E-state index in [0.29, 0.717) is 0 Å². The van der Waals surface area contributed by atoms with Crippen molar-refractivity contribution in [2.24, 2.45) is 7.05 Å². The molecule has 0 bridgehead atoms. The summed E-state index contributed by atoms with van der Waals surface area (Å²) in [5, 5.41) is 0. The summed E-state index contributed by atoms with van der Waals surface area (Å²) in [7, 11) is 3.63. The van der Waals surface area contributed by atoms with E-state index in [2.05, 4.69) is 27.5 Å². The average molecular weight is 430 g/mol. The normalized spacial score (nSPS) is 13.6. The summed E-state index contributed by atoms with van der Waals surface area (Å²) < 4.78 is 13.6. The minimum Gasteiger partial charge on any atom is -0.497 e. The number of imidazole rings is 1. The summed E-state index contributed by atoms with van der Waals surface area (Å²) in [4.78, 5) is 13.7. The highest BCUT2D eigenvalue weighted by Crippen LogP contribution is 2.27. The van der Waals surface area contributed by atoms with Crippen molar-refractivity contribution in [1.29, 1.82) is 0 Å². The highest BCUT2D eigenvalue weighted by molar-refractivity contribution is 5.60. The van der Waals surface area contributed by atoms with Gasteiger partial charge in [0.1, 0.15) is 11.9 Å². The van der Waals surface area contributed by atoms with Crippen molar-refractivity contribution in [3.8, 4) is 28.4 Å². The molecule has 0 spiro atoms. The van der Waals surface area contributed by atoms with Gasteiger partial charge in [-0.1, -0.05) is 18.2 Å². The molecule has 6 nitrogen and oxygen atoms in total. The second kappa shape index (κ2) is 8.19. The first-order valence-electron chi connectivity index (χ1n) is 11.2. The molecule has 1 aliphatic heterocycles. The lowest BCUT2D eigenvalue weighted by Crippen LogP contribution is -2.40. The summed E-state index contributed by atoms with van der Waals surface area (Å²) in [6.45, 7) is 2.99. The van der Waals surface area contributed by atoms with Crippen molar-refractivity contribution < 1.29 is 9.30 Å². The number of hydrogen-bond donors (Lipinski definition) is 0. The van der Waals surface area contributed by atoms with Crippen molar-refractivity contribution in [2.45, 2.75) is 39.2 Å². The first-order chi connectivity index (χ1) is 15.6. The van der Waals surface area contributed by atoms with Gasteiger partial charge in [-0.2, -0.15) is 4.57 Å². The van der Waals surface area contributed by atoms with E-state index in [1.54, 1.807) is 11.8 Å². The molecule has 0 saturated heterocycles. The molecule has 1 aliphatic rings. The molecule has 164 valence electrons. The van der Waals surface area contributed by atoms with Crippen LogP contribution < -0.4 is 14.9 Å². The van der Waals surface area contributed by atoms with E-state index in [-0.39, 0.29) is 5.56 Å². The summed E-state index contributed by atoms with van der Waals surface area (Å²) in [5.74, 6) is 2.04. The molecule has 0 aliphatic carbocycles. The van der Waals surface area contributed by atoms with Gasteiger partial charge in [-0.05, 0) is 62.6 Å². The molecule has 0 fully saturated rings. The minimum absolute atomic E-state index is 0.000118. The maximum Gasteiger partial charge on any atom is 0.319 e. The van der Waals surface area contributed by atoms with E-state index in [1.165, 1.54) is 12.2 Å². The number of hydrogen-bond acceptors (Lipinski definition) is 2. The Labute approximate surface area is 187 Å². The van der Waals surface area contributed by atoms with Crippen LogP contribution in [0.3, 0.4) is 0 Å². The number of fused-ring (bicyclic) bond motifs is 1. The van der Waals surface area contributed by atoms with Gasteiger partial charge in [0.15, 0.2) is 5.69 Å². The third kappa shape index (κ3) is 3.27. The van der Waals surface area contributed by atoms with Crippen molar-refractivity contribution in [1.82, 2.24) is 13.9 Å².